The van der Waals surface area contributed by atoms with Crippen LogP contribution in [0.1, 0.15) is 36.6 Å². The lowest BCUT2D eigenvalue weighted by Gasteiger charge is -2.22. The summed E-state index contributed by atoms with van der Waals surface area (Å²) in [5.41, 5.74) is 0.971. The van der Waals surface area contributed by atoms with E-state index in [1.807, 2.05) is 32.8 Å². The van der Waals surface area contributed by atoms with E-state index in [-0.39, 0.29) is 33.2 Å². The number of hydrogen-bond acceptors (Lipinski definition) is 6. The summed E-state index contributed by atoms with van der Waals surface area (Å²) in [5.74, 6) is -1.14. The summed E-state index contributed by atoms with van der Waals surface area (Å²) in [6, 6.07) is 11.0. The number of pyridine rings is 3. The van der Waals surface area contributed by atoms with Crippen molar-refractivity contribution in [3.8, 4) is 28.8 Å². The molecule has 3 aromatic heterocycles. The van der Waals surface area contributed by atoms with Crippen molar-refractivity contribution in [2.45, 2.75) is 26.3 Å². The van der Waals surface area contributed by atoms with Gasteiger partial charge in [-0.1, -0.05) is 37.6 Å². The maximum atomic E-state index is 14.7. The van der Waals surface area contributed by atoms with E-state index in [9.17, 15) is 19.6 Å². The van der Waals surface area contributed by atoms with Gasteiger partial charge >= 0.3 is 0 Å². The lowest BCUT2D eigenvalue weighted by molar-refractivity contribution is 0.401. The Kier molecular flexibility index (Phi) is 6.57. The summed E-state index contributed by atoms with van der Waals surface area (Å²) in [5, 5.41) is 20.7. The summed E-state index contributed by atoms with van der Waals surface area (Å²) >= 11 is 6.47. The molecule has 0 aliphatic heterocycles. The number of fused-ring (bicyclic) bond motifs is 1. The van der Waals surface area contributed by atoms with Gasteiger partial charge in [-0.15, -0.1) is 0 Å². The Hall–Kier alpha value is -3.80. The smallest absolute Gasteiger partial charge is 0.278 e. The molecule has 178 valence electrons. The third kappa shape index (κ3) is 4.25. The summed E-state index contributed by atoms with van der Waals surface area (Å²) in [4.78, 5) is 24.7. The number of nitrogens with zero attached hydrogens (tertiary/aromatic N) is 5. The highest BCUT2D eigenvalue weighted by atomic mass is 35.5. The summed E-state index contributed by atoms with van der Waals surface area (Å²) < 4.78 is 15.9. The van der Waals surface area contributed by atoms with Crippen LogP contribution in [0.4, 0.5) is 4.39 Å². The van der Waals surface area contributed by atoms with Gasteiger partial charge in [-0.2, -0.15) is 5.26 Å². The van der Waals surface area contributed by atoms with Crippen LogP contribution in [-0.4, -0.2) is 38.6 Å². The lowest BCUT2D eigenvalue weighted by Crippen LogP contribution is -2.26. The molecule has 0 spiro atoms. The normalized spacial score (nSPS) is 11.4. The van der Waals surface area contributed by atoms with Crippen LogP contribution >= 0.6 is 11.6 Å². The first kappa shape index (κ1) is 24.3. The molecule has 0 unspecified atom stereocenters. The molecule has 3 heterocycles. The Morgan fingerprint density at radius 1 is 1.26 bits per heavy atom. The van der Waals surface area contributed by atoms with Crippen LogP contribution in [0.25, 0.3) is 28.0 Å². The van der Waals surface area contributed by atoms with Crippen molar-refractivity contribution in [3.05, 3.63) is 80.6 Å². The molecule has 0 radical (unpaired) electrons. The van der Waals surface area contributed by atoms with Crippen molar-refractivity contribution < 1.29 is 9.50 Å². The molecule has 1 N–H and O–H groups in total. The molecule has 0 aliphatic carbocycles. The second-order valence-electron chi connectivity index (χ2n) is 8.74. The summed E-state index contributed by atoms with van der Waals surface area (Å²) in [6.07, 6.45) is 1.67. The minimum absolute atomic E-state index is 0.0454. The van der Waals surface area contributed by atoms with E-state index in [0.29, 0.717) is 17.9 Å². The SMILES string of the molecule is CC(C)c1nccc(CN(C)C)c1-n1c(=O)c(C#N)c(O)c2cc(Cl)c(-c3ccccc3F)nc21. The Morgan fingerprint density at radius 2 is 1.97 bits per heavy atom. The van der Waals surface area contributed by atoms with Crippen LogP contribution in [0.3, 0.4) is 0 Å². The molecule has 0 fully saturated rings. The van der Waals surface area contributed by atoms with E-state index in [4.69, 9.17) is 11.6 Å². The predicted octanol–water partition coefficient (Wildman–Crippen LogP) is 5.00. The molecule has 0 atom stereocenters. The number of rotatable bonds is 5. The average Bonchev–Trinajstić information content (AvgIpc) is 2.80. The van der Waals surface area contributed by atoms with E-state index in [2.05, 4.69) is 9.97 Å². The van der Waals surface area contributed by atoms with Gasteiger partial charge in [-0.05, 0) is 49.8 Å². The third-order valence-corrected chi connectivity index (χ3v) is 5.90. The highest BCUT2D eigenvalue weighted by Crippen LogP contribution is 2.36. The number of aromatic nitrogens is 3. The number of halogens is 2. The van der Waals surface area contributed by atoms with Gasteiger partial charge in [0.2, 0.25) is 0 Å². The van der Waals surface area contributed by atoms with Gasteiger partial charge in [0.05, 0.1) is 27.5 Å². The second kappa shape index (κ2) is 9.45. The number of benzene rings is 1. The fourth-order valence-corrected chi connectivity index (χ4v) is 4.33. The maximum Gasteiger partial charge on any atom is 0.278 e. The first-order chi connectivity index (χ1) is 16.6. The number of aromatic hydroxyl groups is 1. The van der Waals surface area contributed by atoms with Crippen LogP contribution in [0.2, 0.25) is 5.02 Å². The van der Waals surface area contributed by atoms with Crippen LogP contribution in [0.15, 0.2) is 47.4 Å². The zero-order valence-electron chi connectivity index (χ0n) is 19.7. The second-order valence-corrected chi connectivity index (χ2v) is 9.15. The Labute approximate surface area is 206 Å². The molecule has 0 amide bonds. The maximum absolute atomic E-state index is 14.7. The van der Waals surface area contributed by atoms with E-state index < -0.39 is 22.7 Å². The van der Waals surface area contributed by atoms with Gasteiger partial charge in [0, 0.05) is 18.3 Å². The molecule has 4 aromatic rings. The minimum Gasteiger partial charge on any atom is -0.506 e. The first-order valence-electron chi connectivity index (χ1n) is 10.9. The third-order valence-electron chi connectivity index (χ3n) is 5.61. The van der Waals surface area contributed by atoms with Crippen molar-refractivity contribution in [3.63, 3.8) is 0 Å². The topological polar surface area (TPSA) is 95.0 Å². The average molecular weight is 492 g/mol. The Morgan fingerprint density at radius 3 is 2.60 bits per heavy atom. The highest BCUT2D eigenvalue weighted by molar-refractivity contribution is 6.33. The molecule has 0 saturated heterocycles. The number of nitriles is 1. The molecule has 35 heavy (non-hydrogen) atoms. The van der Waals surface area contributed by atoms with Crippen molar-refractivity contribution in [2.24, 2.45) is 0 Å². The molecule has 7 nitrogen and oxygen atoms in total. The molecule has 0 saturated carbocycles. The van der Waals surface area contributed by atoms with Gasteiger partial charge < -0.3 is 10.0 Å². The summed E-state index contributed by atoms with van der Waals surface area (Å²) in [7, 11) is 3.79. The van der Waals surface area contributed by atoms with Crippen LogP contribution in [0.5, 0.6) is 5.75 Å². The molecule has 4 rings (SSSR count). The monoisotopic (exact) mass is 491 g/mol. The molecule has 1 aromatic carbocycles. The van der Waals surface area contributed by atoms with Gasteiger partial charge in [-0.3, -0.25) is 14.3 Å². The van der Waals surface area contributed by atoms with E-state index in [1.165, 1.54) is 22.8 Å². The fraction of sp³-hybridized carbons (Fsp3) is 0.231. The van der Waals surface area contributed by atoms with Crippen LogP contribution in [-0.2, 0) is 6.54 Å². The summed E-state index contributed by atoms with van der Waals surface area (Å²) in [6.45, 7) is 4.36. The standard InChI is InChI=1S/C26H23ClFN5O2/c1-14(2)21-23(15(9-10-30-21)13-32(3)4)33-25-17(24(34)18(12-29)26(33)35)11-19(27)22(31-25)16-7-5-6-8-20(16)28/h5-11,14,34H,13H2,1-4H3. The van der Waals surface area contributed by atoms with Crippen molar-refractivity contribution in [2.75, 3.05) is 14.1 Å². The Bertz CT molecular complexity index is 1560. The largest absolute Gasteiger partial charge is 0.506 e. The quantitative estimate of drug-likeness (QED) is 0.422. The Balaban J connectivity index is 2.23. The zero-order chi connectivity index (χ0) is 25.4. The van der Waals surface area contributed by atoms with Crippen LogP contribution in [0, 0.1) is 17.1 Å². The first-order valence-corrected chi connectivity index (χ1v) is 11.3. The highest BCUT2D eigenvalue weighted by Gasteiger charge is 2.25. The lowest BCUT2D eigenvalue weighted by atomic mass is 10.0. The molecule has 0 bridgehead atoms. The molecule has 0 aliphatic rings. The van der Waals surface area contributed by atoms with Gasteiger partial charge in [0.25, 0.3) is 5.56 Å². The van der Waals surface area contributed by atoms with Crippen molar-refractivity contribution in [1.82, 2.24) is 19.4 Å². The fourth-order valence-electron chi connectivity index (χ4n) is 4.08. The van der Waals surface area contributed by atoms with Gasteiger partial charge in [-0.25, -0.2) is 9.37 Å². The van der Waals surface area contributed by atoms with Gasteiger partial charge in [0.15, 0.2) is 11.2 Å². The van der Waals surface area contributed by atoms with E-state index in [0.717, 1.165) is 5.56 Å². The minimum atomic E-state index is -0.748. The van der Waals surface area contributed by atoms with E-state index in [1.54, 1.807) is 30.5 Å². The van der Waals surface area contributed by atoms with E-state index >= 15 is 0 Å². The zero-order valence-corrected chi connectivity index (χ0v) is 20.4. The predicted molar refractivity (Wildman–Crippen MR) is 133 cm³/mol. The number of hydrogen-bond donors (Lipinski definition) is 1. The molecule has 9 heteroatoms. The van der Waals surface area contributed by atoms with Crippen molar-refractivity contribution >= 4 is 22.6 Å². The van der Waals surface area contributed by atoms with Crippen molar-refractivity contribution in [1.29, 1.82) is 5.26 Å². The van der Waals surface area contributed by atoms with Gasteiger partial charge in [0.1, 0.15) is 17.6 Å². The molecular weight excluding hydrogens is 469 g/mol. The molecular formula is C26H23ClFN5O2. The van der Waals surface area contributed by atoms with Crippen LogP contribution < -0.4 is 5.56 Å².